The number of aryl methyl sites for hydroxylation is 1. The van der Waals surface area contributed by atoms with Crippen molar-refractivity contribution in [1.82, 2.24) is 5.32 Å². The van der Waals surface area contributed by atoms with Crippen molar-refractivity contribution < 1.29 is 19.4 Å². The van der Waals surface area contributed by atoms with Crippen molar-refractivity contribution in [3.05, 3.63) is 23.3 Å². The molecule has 0 fully saturated rings. The predicted molar refractivity (Wildman–Crippen MR) is 85.5 cm³/mol. The zero-order valence-electron chi connectivity index (χ0n) is 13.6. The molecule has 0 radical (unpaired) electrons. The van der Waals surface area contributed by atoms with Crippen LogP contribution >= 0.6 is 0 Å². The minimum absolute atomic E-state index is 0.00938. The number of nitrogens with one attached hydrogen (secondary N) is 1. The van der Waals surface area contributed by atoms with Gasteiger partial charge in [0.05, 0.1) is 12.2 Å². The Kier molecular flexibility index (Phi) is 7.43. The lowest BCUT2D eigenvalue weighted by Crippen LogP contribution is -2.20. The smallest absolute Gasteiger partial charge is 0.216 e. The van der Waals surface area contributed by atoms with E-state index in [4.69, 9.17) is 4.74 Å². The van der Waals surface area contributed by atoms with E-state index in [2.05, 4.69) is 5.32 Å². The van der Waals surface area contributed by atoms with Crippen LogP contribution in [0.3, 0.4) is 0 Å². The Morgan fingerprint density at radius 3 is 2.50 bits per heavy atom. The molecule has 1 aromatic carbocycles. The van der Waals surface area contributed by atoms with Crippen LogP contribution in [-0.2, 0) is 11.2 Å². The first-order valence-corrected chi connectivity index (χ1v) is 7.69. The van der Waals surface area contributed by atoms with Crippen LogP contribution in [0.1, 0.15) is 56.0 Å². The molecule has 0 saturated carbocycles. The number of rotatable bonds is 9. The number of Topliss-reactive ketones (excluding diaryl/α,β-unsaturated/α-hetero) is 1. The fourth-order valence-corrected chi connectivity index (χ4v) is 2.16. The number of carbonyl (C=O) groups is 2. The van der Waals surface area contributed by atoms with Crippen molar-refractivity contribution in [3.8, 4) is 11.5 Å². The Morgan fingerprint density at radius 2 is 1.91 bits per heavy atom. The van der Waals surface area contributed by atoms with E-state index in [9.17, 15) is 14.7 Å². The van der Waals surface area contributed by atoms with Gasteiger partial charge in [-0.1, -0.05) is 6.92 Å². The van der Waals surface area contributed by atoms with Gasteiger partial charge in [0.2, 0.25) is 5.91 Å². The van der Waals surface area contributed by atoms with Crippen molar-refractivity contribution in [3.63, 3.8) is 0 Å². The number of phenols is 1. The summed E-state index contributed by atoms with van der Waals surface area (Å²) in [5.74, 6) is 0.429. The maximum Gasteiger partial charge on any atom is 0.216 e. The number of carbonyl (C=O) groups excluding carboxylic acids is 2. The van der Waals surface area contributed by atoms with Crippen LogP contribution < -0.4 is 10.1 Å². The molecule has 22 heavy (non-hydrogen) atoms. The van der Waals surface area contributed by atoms with E-state index < -0.39 is 0 Å². The average Bonchev–Trinajstić information content (AvgIpc) is 2.45. The molecule has 0 heterocycles. The SMILES string of the molecule is CCc1cc(C(C)=O)c(O)cc1OCCCCCNC(C)=O. The van der Waals surface area contributed by atoms with E-state index in [-0.39, 0.29) is 17.4 Å². The molecule has 0 aliphatic carbocycles. The fraction of sp³-hybridized carbons (Fsp3) is 0.529. The predicted octanol–water partition coefficient (Wildman–Crippen LogP) is 2.84. The molecule has 0 saturated heterocycles. The number of aromatic hydroxyl groups is 1. The van der Waals surface area contributed by atoms with Gasteiger partial charge >= 0.3 is 0 Å². The average molecular weight is 307 g/mol. The van der Waals surface area contributed by atoms with Gasteiger partial charge in [0, 0.05) is 19.5 Å². The second-order valence-electron chi connectivity index (χ2n) is 5.28. The molecular formula is C17H25NO4. The molecular weight excluding hydrogens is 282 g/mol. The molecule has 0 aliphatic rings. The normalized spacial score (nSPS) is 10.3. The lowest BCUT2D eigenvalue weighted by molar-refractivity contribution is -0.118. The van der Waals surface area contributed by atoms with Crippen molar-refractivity contribution in [2.24, 2.45) is 0 Å². The summed E-state index contributed by atoms with van der Waals surface area (Å²) in [6.45, 7) is 6.16. The topological polar surface area (TPSA) is 75.6 Å². The summed E-state index contributed by atoms with van der Waals surface area (Å²) < 4.78 is 5.71. The van der Waals surface area contributed by atoms with E-state index in [0.717, 1.165) is 31.2 Å². The highest BCUT2D eigenvalue weighted by atomic mass is 16.5. The molecule has 1 rings (SSSR count). The third-order valence-electron chi connectivity index (χ3n) is 3.39. The number of ether oxygens (including phenoxy) is 1. The van der Waals surface area contributed by atoms with Crippen LogP contribution in [0.4, 0.5) is 0 Å². The molecule has 0 atom stereocenters. The molecule has 1 aromatic rings. The molecule has 5 nitrogen and oxygen atoms in total. The summed E-state index contributed by atoms with van der Waals surface area (Å²) in [4.78, 5) is 22.1. The van der Waals surface area contributed by atoms with Crippen LogP contribution in [0, 0.1) is 0 Å². The van der Waals surface area contributed by atoms with Gasteiger partial charge in [0.1, 0.15) is 11.5 Å². The Labute approximate surface area is 131 Å². The number of ketones is 1. The van der Waals surface area contributed by atoms with Crippen LogP contribution in [0.2, 0.25) is 0 Å². The van der Waals surface area contributed by atoms with E-state index >= 15 is 0 Å². The van der Waals surface area contributed by atoms with Crippen molar-refractivity contribution in [2.45, 2.75) is 46.5 Å². The van der Waals surface area contributed by atoms with Gasteiger partial charge in [0.15, 0.2) is 5.78 Å². The first-order chi connectivity index (χ1) is 10.5. The zero-order chi connectivity index (χ0) is 16.5. The summed E-state index contributed by atoms with van der Waals surface area (Å²) >= 11 is 0. The molecule has 0 unspecified atom stereocenters. The zero-order valence-corrected chi connectivity index (χ0v) is 13.6. The summed E-state index contributed by atoms with van der Waals surface area (Å²) in [6.07, 6.45) is 3.48. The Morgan fingerprint density at radius 1 is 1.18 bits per heavy atom. The number of amides is 1. The fourth-order valence-electron chi connectivity index (χ4n) is 2.16. The number of phenolic OH excluding ortho intramolecular Hbond substituents is 1. The maximum absolute atomic E-state index is 11.4. The van der Waals surface area contributed by atoms with Crippen molar-refractivity contribution in [1.29, 1.82) is 0 Å². The van der Waals surface area contributed by atoms with Gasteiger partial charge in [-0.25, -0.2) is 0 Å². The molecule has 0 aliphatic heterocycles. The van der Waals surface area contributed by atoms with E-state index in [0.29, 0.717) is 24.5 Å². The largest absolute Gasteiger partial charge is 0.507 e. The Hall–Kier alpha value is -2.04. The highest BCUT2D eigenvalue weighted by Crippen LogP contribution is 2.29. The first-order valence-electron chi connectivity index (χ1n) is 7.69. The summed E-state index contributed by atoms with van der Waals surface area (Å²) in [6, 6.07) is 3.22. The lowest BCUT2D eigenvalue weighted by Gasteiger charge is -2.13. The van der Waals surface area contributed by atoms with E-state index in [1.54, 1.807) is 6.07 Å². The number of unbranched alkanes of at least 4 members (excludes halogenated alkanes) is 2. The molecule has 1 amide bonds. The van der Waals surface area contributed by atoms with Crippen LogP contribution in [0.5, 0.6) is 11.5 Å². The van der Waals surface area contributed by atoms with Gasteiger partial charge in [0.25, 0.3) is 0 Å². The lowest BCUT2D eigenvalue weighted by atomic mass is 10.0. The van der Waals surface area contributed by atoms with Gasteiger partial charge in [-0.2, -0.15) is 0 Å². The standard InChI is InChI=1S/C17H25NO4/c1-4-14-10-15(12(2)19)16(21)11-17(14)22-9-7-5-6-8-18-13(3)20/h10-11,21H,4-9H2,1-3H3,(H,18,20). The van der Waals surface area contributed by atoms with Crippen LogP contribution in [-0.4, -0.2) is 29.9 Å². The molecule has 122 valence electrons. The monoisotopic (exact) mass is 307 g/mol. The van der Waals surface area contributed by atoms with Crippen molar-refractivity contribution >= 4 is 11.7 Å². The minimum Gasteiger partial charge on any atom is -0.507 e. The van der Waals surface area contributed by atoms with Gasteiger partial charge < -0.3 is 15.2 Å². The molecule has 0 bridgehead atoms. The number of hydrogen-bond donors (Lipinski definition) is 2. The summed E-state index contributed by atoms with van der Waals surface area (Å²) in [5, 5.41) is 12.6. The third-order valence-corrected chi connectivity index (χ3v) is 3.39. The van der Waals surface area contributed by atoms with Crippen LogP contribution in [0.15, 0.2) is 12.1 Å². The highest BCUT2D eigenvalue weighted by molar-refractivity contribution is 5.97. The highest BCUT2D eigenvalue weighted by Gasteiger charge is 2.12. The van der Waals surface area contributed by atoms with Gasteiger partial charge in [-0.3, -0.25) is 9.59 Å². The molecule has 5 heteroatoms. The minimum atomic E-state index is -0.156. The summed E-state index contributed by atoms with van der Waals surface area (Å²) in [7, 11) is 0. The number of hydrogen-bond acceptors (Lipinski definition) is 4. The van der Waals surface area contributed by atoms with E-state index in [1.807, 2.05) is 6.92 Å². The first kappa shape index (κ1) is 18.0. The number of benzene rings is 1. The van der Waals surface area contributed by atoms with Crippen LogP contribution in [0.25, 0.3) is 0 Å². The Balaban J connectivity index is 2.47. The maximum atomic E-state index is 11.4. The second kappa shape index (κ2) is 9.07. The Bertz CT molecular complexity index is 526. The second-order valence-corrected chi connectivity index (χ2v) is 5.28. The third kappa shape index (κ3) is 5.76. The van der Waals surface area contributed by atoms with Gasteiger partial charge in [-0.05, 0) is 44.2 Å². The molecule has 0 aromatic heterocycles. The van der Waals surface area contributed by atoms with Crippen molar-refractivity contribution in [2.75, 3.05) is 13.2 Å². The summed E-state index contributed by atoms with van der Waals surface area (Å²) in [5.41, 5.74) is 1.25. The molecule has 2 N–H and O–H groups in total. The van der Waals surface area contributed by atoms with Gasteiger partial charge in [-0.15, -0.1) is 0 Å². The van der Waals surface area contributed by atoms with E-state index in [1.165, 1.54) is 19.9 Å². The quantitative estimate of drug-likeness (QED) is 0.543. The molecule has 0 spiro atoms.